The van der Waals surface area contributed by atoms with Crippen LogP contribution in [0, 0.1) is 0 Å². The highest BCUT2D eigenvalue weighted by Crippen LogP contribution is 2.36. The van der Waals surface area contributed by atoms with Crippen molar-refractivity contribution in [2.75, 3.05) is 7.11 Å². The second kappa shape index (κ2) is 9.80. The molecule has 0 saturated carbocycles. The molecule has 160 valence electrons. The molecule has 1 aromatic heterocycles. The molecule has 2 rings (SSSR count). The molecule has 0 amide bonds. The summed E-state index contributed by atoms with van der Waals surface area (Å²) in [4.78, 5) is 9.42. The van der Waals surface area contributed by atoms with E-state index in [0.717, 1.165) is 12.8 Å². The number of methoxy groups -OCH3 is 1. The molecule has 0 fully saturated rings. The van der Waals surface area contributed by atoms with Crippen molar-refractivity contribution in [3.63, 3.8) is 0 Å². The van der Waals surface area contributed by atoms with Crippen molar-refractivity contribution in [3.8, 4) is 28.6 Å². The molecule has 0 N–H and O–H groups in total. The van der Waals surface area contributed by atoms with Crippen LogP contribution in [-0.2, 0) is 12.8 Å². The lowest BCUT2D eigenvalue weighted by Gasteiger charge is -2.19. The van der Waals surface area contributed by atoms with Gasteiger partial charge in [0.15, 0.2) is 0 Å². The van der Waals surface area contributed by atoms with Crippen molar-refractivity contribution in [2.24, 2.45) is 0 Å². The first-order valence-corrected chi connectivity index (χ1v) is 9.76. The van der Waals surface area contributed by atoms with Crippen LogP contribution in [0.2, 0.25) is 0 Å². The number of hydrogen-bond donors (Lipinski definition) is 0. The Labute approximate surface area is 169 Å². The minimum atomic E-state index is -4.77. The van der Waals surface area contributed by atoms with Crippen LogP contribution >= 0.6 is 0 Å². The van der Waals surface area contributed by atoms with Crippen LogP contribution < -0.4 is 14.2 Å². The molecule has 1 aromatic carbocycles. The number of aryl methyl sites for hydroxylation is 2. The number of halogens is 3. The molecule has 0 spiro atoms. The van der Waals surface area contributed by atoms with Crippen LogP contribution in [0.4, 0.5) is 13.2 Å². The van der Waals surface area contributed by atoms with Crippen LogP contribution in [0.25, 0.3) is 11.3 Å². The Kier molecular flexibility index (Phi) is 7.70. The van der Waals surface area contributed by atoms with E-state index in [1.54, 1.807) is 0 Å². The maximum absolute atomic E-state index is 12.5. The average molecular weight is 412 g/mol. The van der Waals surface area contributed by atoms with E-state index < -0.39 is 6.36 Å². The topological polar surface area (TPSA) is 53.5 Å². The van der Waals surface area contributed by atoms with Crippen molar-refractivity contribution in [1.82, 2.24) is 9.97 Å². The van der Waals surface area contributed by atoms with Gasteiger partial charge < -0.3 is 14.2 Å². The van der Waals surface area contributed by atoms with Gasteiger partial charge in [-0.1, -0.05) is 27.7 Å². The maximum Gasteiger partial charge on any atom is 0.573 e. The Morgan fingerprint density at radius 2 is 1.62 bits per heavy atom. The third kappa shape index (κ3) is 5.74. The molecule has 0 aliphatic heterocycles. The fourth-order valence-electron chi connectivity index (χ4n) is 2.95. The highest BCUT2D eigenvalue weighted by Gasteiger charge is 2.31. The predicted octanol–water partition coefficient (Wildman–Crippen LogP) is 5.74. The minimum Gasteiger partial charge on any atom is -0.496 e. The normalized spacial score (nSPS) is 11.6. The van der Waals surface area contributed by atoms with E-state index in [9.17, 15) is 13.2 Å². The van der Waals surface area contributed by atoms with Crippen LogP contribution in [0.1, 0.15) is 51.9 Å². The van der Waals surface area contributed by atoms with Gasteiger partial charge in [-0.15, -0.1) is 13.2 Å². The molecule has 1 heterocycles. The van der Waals surface area contributed by atoms with Gasteiger partial charge in [0.25, 0.3) is 0 Å². The van der Waals surface area contributed by atoms with Gasteiger partial charge in [0.2, 0.25) is 5.88 Å². The summed E-state index contributed by atoms with van der Waals surface area (Å²) in [6, 6.07) is 3.95. The molecule has 5 nitrogen and oxygen atoms in total. The Morgan fingerprint density at radius 1 is 0.966 bits per heavy atom. The zero-order chi connectivity index (χ0) is 21.6. The van der Waals surface area contributed by atoms with Gasteiger partial charge in [-0.2, -0.15) is 0 Å². The number of aromatic nitrogens is 2. The van der Waals surface area contributed by atoms with E-state index in [0.29, 0.717) is 41.4 Å². The molecule has 0 saturated heterocycles. The van der Waals surface area contributed by atoms with E-state index in [1.165, 1.54) is 25.3 Å². The summed E-state index contributed by atoms with van der Waals surface area (Å²) >= 11 is 0. The largest absolute Gasteiger partial charge is 0.573 e. The van der Waals surface area contributed by atoms with E-state index in [4.69, 9.17) is 14.5 Å². The molecule has 29 heavy (non-hydrogen) atoms. The van der Waals surface area contributed by atoms with E-state index in [-0.39, 0.29) is 17.6 Å². The van der Waals surface area contributed by atoms with Crippen molar-refractivity contribution in [3.05, 3.63) is 29.6 Å². The lowest BCUT2D eigenvalue weighted by molar-refractivity contribution is -0.274. The van der Waals surface area contributed by atoms with E-state index in [2.05, 4.69) is 23.6 Å². The summed E-state index contributed by atoms with van der Waals surface area (Å²) in [6.07, 6.45) is -1.81. The first-order chi connectivity index (χ1) is 13.8. The van der Waals surface area contributed by atoms with Crippen molar-refractivity contribution >= 4 is 0 Å². The van der Waals surface area contributed by atoms with E-state index >= 15 is 0 Å². The Morgan fingerprint density at radius 3 is 2.14 bits per heavy atom. The maximum atomic E-state index is 12.5. The lowest BCUT2D eigenvalue weighted by Crippen LogP contribution is -2.17. The fourth-order valence-corrected chi connectivity index (χ4v) is 2.95. The first kappa shape index (κ1) is 22.8. The first-order valence-electron chi connectivity index (χ1n) is 9.76. The van der Waals surface area contributed by atoms with Gasteiger partial charge in [0.05, 0.1) is 24.6 Å². The number of benzene rings is 1. The van der Waals surface area contributed by atoms with Gasteiger partial charge in [0, 0.05) is 11.6 Å². The minimum absolute atomic E-state index is 0.0542. The molecule has 2 aromatic rings. The summed E-state index contributed by atoms with van der Waals surface area (Å²) in [5.74, 6) is 0.387. The summed E-state index contributed by atoms with van der Waals surface area (Å²) in [5, 5.41) is 0. The fraction of sp³-hybridized carbons (Fsp3) is 0.524. The number of nitrogens with zero attached hydrogens (tertiary/aromatic N) is 2. The van der Waals surface area contributed by atoms with Crippen molar-refractivity contribution in [2.45, 2.75) is 65.8 Å². The van der Waals surface area contributed by atoms with Crippen LogP contribution in [0.3, 0.4) is 0 Å². The van der Waals surface area contributed by atoms with Crippen LogP contribution in [0.15, 0.2) is 18.2 Å². The summed E-state index contributed by atoms with van der Waals surface area (Å²) in [7, 11) is 1.39. The number of alkyl halides is 3. The van der Waals surface area contributed by atoms with Crippen LogP contribution in [-0.4, -0.2) is 29.5 Å². The smallest absolute Gasteiger partial charge is 0.496 e. The molecular formula is C21H27F3N2O3. The summed E-state index contributed by atoms with van der Waals surface area (Å²) in [5.41, 5.74) is 2.50. The molecule has 8 heteroatoms. The molecule has 0 atom stereocenters. The monoisotopic (exact) mass is 412 g/mol. The molecule has 0 bridgehead atoms. The second-order valence-electron chi connectivity index (χ2n) is 6.44. The van der Waals surface area contributed by atoms with E-state index in [1.807, 2.05) is 13.8 Å². The molecule has 0 radical (unpaired) electrons. The summed E-state index contributed by atoms with van der Waals surface area (Å²) in [6.45, 7) is 8.00. The predicted molar refractivity (Wildman–Crippen MR) is 104 cm³/mol. The number of hydrogen-bond acceptors (Lipinski definition) is 5. The number of rotatable bonds is 9. The number of ether oxygens (including phenoxy) is 3. The standard InChI is InChI=1S/C21H27F3N2O3/c1-6-13(7-2)28-20-17(9-4)25-19(16(8-3)26-20)15-11-10-14(12-18(15)27-5)29-21(22,23)24/h10-13H,6-9H2,1-5H3. The average Bonchev–Trinajstić information content (AvgIpc) is 2.70. The van der Waals surface area contributed by atoms with Crippen molar-refractivity contribution in [1.29, 1.82) is 0 Å². The summed E-state index contributed by atoms with van der Waals surface area (Å²) < 4.78 is 52.9. The highest BCUT2D eigenvalue weighted by molar-refractivity contribution is 5.71. The second-order valence-corrected chi connectivity index (χ2v) is 6.44. The van der Waals surface area contributed by atoms with Gasteiger partial charge in [0.1, 0.15) is 17.2 Å². The molecule has 0 unspecified atom stereocenters. The van der Waals surface area contributed by atoms with Crippen LogP contribution in [0.5, 0.6) is 17.4 Å². The third-order valence-corrected chi connectivity index (χ3v) is 4.52. The van der Waals surface area contributed by atoms with Gasteiger partial charge in [-0.3, -0.25) is 0 Å². The van der Waals surface area contributed by atoms with Gasteiger partial charge in [-0.25, -0.2) is 9.97 Å². The zero-order valence-corrected chi connectivity index (χ0v) is 17.4. The quantitative estimate of drug-likeness (QED) is 0.525. The highest BCUT2D eigenvalue weighted by atomic mass is 19.4. The zero-order valence-electron chi connectivity index (χ0n) is 17.4. The molecular weight excluding hydrogens is 385 g/mol. The van der Waals surface area contributed by atoms with Gasteiger partial charge >= 0.3 is 6.36 Å². The SMILES string of the molecule is CCc1nc(-c2ccc(OC(F)(F)F)cc2OC)c(CC)nc1OC(CC)CC. The van der Waals surface area contributed by atoms with Gasteiger partial charge in [-0.05, 0) is 37.8 Å². The van der Waals surface area contributed by atoms with Crippen molar-refractivity contribution < 1.29 is 27.4 Å². The lowest BCUT2D eigenvalue weighted by atomic mass is 10.1. The Balaban J connectivity index is 2.53. The Hall–Kier alpha value is -2.51. The third-order valence-electron chi connectivity index (χ3n) is 4.52. The Bertz CT molecular complexity index is 822. The molecule has 0 aliphatic rings. The molecule has 0 aliphatic carbocycles.